The number of amides is 2. The third kappa shape index (κ3) is 3.74. The van der Waals surface area contributed by atoms with Crippen molar-refractivity contribution in [3.8, 4) is 0 Å². The standard InChI is InChI=1S/C9H19N3O2/c1-6(8(13)10-3)11-7(2)9(14)12(4)5/h6-7,11H,1-5H3,(H,10,13). The van der Waals surface area contributed by atoms with E-state index < -0.39 is 0 Å². The Bertz CT molecular complexity index is 216. The lowest BCUT2D eigenvalue weighted by Gasteiger charge is -2.21. The first-order valence-corrected chi connectivity index (χ1v) is 4.59. The Balaban J connectivity index is 4.12. The Morgan fingerprint density at radius 3 is 2.00 bits per heavy atom. The first-order chi connectivity index (χ1) is 6.40. The van der Waals surface area contributed by atoms with Crippen LogP contribution in [0.1, 0.15) is 13.8 Å². The van der Waals surface area contributed by atoms with Crippen molar-refractivity contribution in [1.82, 2.24) is 15.5 Å². The number of nitrogens with one attached hydrogen (secondary N) is 2. The minimum Gasteiger partial charge on any atom is -0.358 e. The molecule has 0 aromatic heterocycles. The van der Waals surface area contributed by atoms with Crippen LogP contribution in [0.15, 0.2) is 0 Å². The lowest BCUT2D eigenvalue weighted by atomic mass is 10.2. The van der Waals surface area contributed by atoms with E-state index in [9.17, 15) is 9.59 Å². The van der Waals surface area contributed by atoms with E-state index in [-0.39, 0.29) is 23.9 Å². The van der Waals surface area contributed by atoms with Crippen LogP contribution in [0.5, 0.6) is 0 Å². The molecule has 0 saturated heterocycles. The summed E-state index contributed by atoms with van der Waals surface area (Å²) < 4.78 is 0. The molecule has 0 fully saturated rings. The fraction of sp³-hybridized carbons (Fsp3) is 0.778. The van der Waals surface area contributed by atoms with Gasteiger partial charge in [-0.1, -0.05) is 0 Å². The molecule has 0 saturated carbocycles. The number of likely N-dealkylation sites (N-methyl/N-ethyl adjacent to an activating group) is 2. The average molecular weight is 201 g/mol. The highest BCUT2D eigenvalue weighted by molar-refractivity contribution is 5.84. The molecule has 14 heavy (non-hydrogen) atoms. The second kappa shape index (κ2) is 5.59. The van der Waals surface area contributed by atoms with Gasteiger partial charge in [-0.2, -0.15) is 0 Å². The molecule has 0 spiro atoms. The quantitative estimate of drug-likeness (QED) is 0.625. The van der Waals surface area contributed by atoms with Crippen LogP contribution < -0.4 is 10.6 Å². The molecule has 82 valence electrons. The molecule has 0 aliphatic carbocycles. The zero-order chi connectivity index (χ0) is 11.3. The van der Waals surface area contributed by atoms with Crippen LogP contribution in [-0.4, -0.2) is 49.9 Å². The fourth-order valence-corrected chi connectivity index (χ4v) is 1.13. The van der Waals surface area contributed by atoms with Crippen molar-refractivity contribution in [2.24, 2.45) is 0 Å². The van der Waals surface area contributed by atoms with Gasteiger partial charge in [0.2, 0.25) is 11.8 Å². The van der Waals surface area contributed by atoms with Gasteiger partial charge in [0.15, 0.2) is 0 Å². The normalized spacial score (nSPS) is 14.4. The van der Waals surface area contributed by atoms with Gasteiger partial charge in [0.05, 0.1) is 12.1 Å². The maximum absolute atomic E-state index is 11.4. The van der Waals surface area contributed by atoms with Crippen molar-refractivity contribution in [3.63, 3.8) is 0 Å². The number of nitrogens with zero attached hydrogens (tertiary/aromatic N) is 1. The largest absolute Gasteiger partial charge is 0.358 e. The zero-order valence-electron chi connectivity index (χ0n) is 9.42. The van der Waals surface area contributed by atoms with E-state index in [4.69, 9.17) is 0 Å². The van der Waals surface area contributed by atoms with E-state index in [2.05, 4.69) is 10.6 Å². The summed E-state index contributed by atoms with van der Waals surface area (Å²) in [6.45, 7) is 3.46. The molecule has 5 nitrogen and oxygen atoms in total. The average Bonchev–Trinajstić information content (AvgIpc) is 2.14. The lowest BCUT2D eigenvalue weighted by Crippen LogP contribution is -2.50. The maximum atomic E-state index is 11.4. The molecule has 0 aromatic carbocycles. The summed E-state index contributed by atoms with van der Waals surface area (Å²) in [6.07, 6.45) is 0. The van der Waals surface area contributed by atoms with Crippen LogP contribution in [0.4, 0.5) is 0 Å². The summed E-state index contributed by atoms with van der Waals surface area (Å²) in [5.74, 6) is -0.163. The van der Waals surface area contributed by atoms with Gasteiger partial charge < -0.3 is 10.2 Å². The van der Waals surface area contributed by atoms with E-state index in [0.29, 0.717) is 0 Å². The first kappa shape index (κ1) is 12.9. The van der Waals surface area contributed by atoms with Gasteiger partial charge in [0.25, 0.3) is 0 Å². The van der Waals surface area contributed by atoms with Crippen LogP contribution in [-0.2, 0) is 9.59 Å². The monoisotopic (exact) mass is 201 g/mol. The maximum Gasteiger partial charge on any atom is 0.238 e. The number of hydrogen-bond acceptors (Lipinski definition) is 3. The van der Waals surface area contributed by atoms with Crippen molar-refractivity contribution in [2.75, 3.05) is 21.1 Å². The Kier molecular flexibility index (Phi) is 5.15. The molecule has 0 aromatic rings. The molecular weight excluding hydrogens is 182 g/mol. The Hall–Kier alpha value is -1.10. The third-order valence-corrected chi connectivity index (χ3v) is 1.95. The highest BCUT2D eigenvalue weighted by Gasteiger charge is 2.19. The smallest absolute Gasteiger partial charge is 0.238 e. The Morgan fingerprint density at radius 2 is 1.64 bits per heavy atom. The van der Waals surface area contributed by atoms with E-state index in [1.807, 2.05) is 0 Å². The predicted molar refractivity (Wildman–Crippen MR) is 54.8 cm³/mol. The molecule has 2 atom stereocenters. The molecule has 0 heterocycles. The summed E-state index contributed by atoms with van der Waals surface area (Å²) in [5, 5.41) is 5.42. The van der Waals surface area contributed by atoms with Crippen LogP contribution in [0, 0.1) is 0 Å². The Morgan fingerprint density at radius 1 is 1.14 bits per heavy atom. The fourth-order valence-electron chi connectivity index (χ4n) is 1.13. The summed E-state index contributed by atoms with van der Waals surface area (Å²) in [5.41, 5.74) is 0. The van der Waals surface area contributed by atoms with Gasteiger partial charge in [-0.05, 0) is 13.8 Å². The van der Waals surface area contributed by atoms with E-state index in [0.717, 1.165) is 0 Å². The van der Waals surface area contributed by atoms with Crippen molar-refractivity contribution in [1.29, 1.82) is 0 Å². The van der Waals surface area contributed by atoms with E-state index in [1.54, 1.807) is 35.0 Å². The molecule has 2 N–H and O–H groups in total. The van der Waals surface area contributed by atoms with Crippen LogP contribution in [0.25, 0.3) is 0 Å². The summed E-state index contributed by atoms with van der Waals surface area (Å²) in [6, 6.07) is -0.712. The van der Waals surface area contributed by atoms with Crippen molar-refractivity contribution in [2.45, 2.75) is 25.9 Å². The summed E-state index contributed by atoms with van der Waals surface area (Å²) in [4.78, 5) is 24.1. The first-order valence-electron chi connectivity index (χ1n) is 4.59. The molecule has 2 unspecified atom stereocenters. The summed E-state index contributed by atoms with van der Waals surface area (Å²) >= 11 is 0. The molecule has 0 aliphatic heterocycles. The molecule has 0 aliphatic rings. The molecule has 0 radical (unpaired) electrons. The van der Waals surface area contributed by atoms with Crippen LogP contribution in [0.2, 0.25) is 0 Å². The van der Waals surface area contributed by atoms with Gasteiger partial charge in [-0.15, -0.1) is 0 Å². The highest BCUT2D eigenvalue weighted by atomic mass is 16.2. The van der Waals surface area contributed by atoms with Gasteiger partial charge in [-0.3, -0.25) is 14.9 Å². The summed E-state index contributed by atoms with van der Waals surface area (Å²) in [7, 11) is 4.94. The highest BCUT2D eigenvalue weighted by Crippen LogP contribution is 1.91. The van der Waals surface area contributed by atoms with Crippen molar-refractivity contribution in [3.05, 3.63) is 0 Å². The lowest BCUT2D eigenvalue weighted by molar-refractivity contribution is -0.131. The topological polar surface area (TPSA) is 61.4 Å². The second-order valence-electron chi connectivity index (χ2n) is 3.46. The molecule has 0 bridgehead atoms. The third-order valence-electron chi connectivity index (χ3n) is 1.95. The van der Waals surface area contributed by atoms with Crippen molar-refractivity contribution < 1.29 is 9.59 Å². The van der Waals surface area contributed by atoms with Crippen molar-refractivity contribution >= 4 is 11.8 Å². The molecule has 2 amide bonds. The van der Waals surface area contributed by atoms with E-state index >= 15 is 0 Å². The predicted octanol–water partition coefficient (Wildman–Crippen LogP) is -0.813. The number of hydrogen-bond donors (Lipinski definition) is 2. The molecule has 5 heteroatoms. The minimum atomic E-state index is -0.362. The Labute approximate surface area is 84.8 Å². The minimum absolute atomic E-state index is 0.0410. The van der Waals surface area contributed by atoms with Crippen LogP contribution in [0.3, 0.4) is 0 Å². The zero-order valence-corrected chi connectivity index (χ0v) is 9.42. The van der Waals surface area contributed by atoms with Gasteiger partial charge in [0, 0.05) is 21.1 Å². The van der Waals surface area contributed by atoms with Gasteiger partial charge in [-0.25, -0.2) is 0 Å². The number of carbonyl (C=O) groups excluding carboxylic acids is 2. The molecular formula is C9H19N3O2. The second-order valence-corrected chi connectivity index (χ2v) is 3.46. The number of rotatable bonds is 4. The van der Waals surface area contributed by atoms with Gasteiger partial charge >= 0.3 is 0 Å². The molecule has 0 rings (SSSR count). The van der Waals surface area contributed by atoms with Gasteiger partial charge in [0.1, 0.15) is 0 Å². The van der Waals surface area contributed by atoms with E-state index in [1.165, 1.54) is 4.90 Å². The van der Waals surface area contributed by atoms with Crippen LogP contribution >= 0.6 is 0 Å². The SMILES string of the molecule is CNC(=O)C(C)NC(C)C(=O)N(C)C. The number of carbonyl (C=O) groups is 2.